The molecule has 0 aliphatic carbocycles. The molecule has 0 unspecified atom stereocenters. The first-order valence-electron chi connectivity index (χ1n) is 8.34. The van der Waals surface area contributed by atoms with E-state index in [1.807, 2.05) is 19.0 Å². The number of ether oxygens (including phenoxy) is 1. The van der Waals surface area contributed by atoms with Crippen LogP contribution in [0.1, 0.15) is 16.1 Å². The third-order valence-electron chi connectivity index (χ3n) is 3.79. The summed E-state index contributed by atoms with van der Waals surface area (Å²) in [6.07, 6.45) is 1.51. The van der Waals surface area contributed by atoms with Crippen LogP contribution in [0.4, 0.5) is 5.69 Å². The quantitative estimate of drug-likeness (QED) is 0.701. The van der Waals surface area contributed by atoms with E-state index in [9.17, 15) is 14.4 Å². The summed E-state index contributed by atoms with van der Waals surface area (Å²) in [7, 11) is 5.26. The third kappa shape index (κ3) is 6.18. The summed E-state index contributed by atoms with van der Waals surface area (Å²) >= 11 is 0. The fourth-order valence-electron chi connectivity index (χ4n) is 2.17. The lowest BCUT2D eigenvalue weighted by molar-refractivity contribution is -0.137. The number of carbonyl (C=O) groups is 3. The van der Waals surface area contributed by atoms with E-state index in [4.69, 9.17) is 9.15 Å². The second kappa shape index (κ2) is 9.42. The Labute approximate surface area is 157 Å². The van der Waals surface area contributed by atoms with Crippen molar-refractivity contribution >= 4 is 23.5 Å². The highest BCUT2D eigenvalue weighted by atomic mass is 16.5. The Morgan fingerprint density at radius 1 is 1.07 bits per heavy atom. The van der Waals surface area contributed by atoms with Gasteiger partial charge in [0.05, 0.1) is 24.9 Å². The molecule has 0 spiro atoms. The monoisotopic (exact) mass is 373 g/mol. The number of anilines is 1. The van der Waals surface area contributed by atoms with Crippen molar-refractivity contribution in [3.63, 3.8) is 0 Å². The van der Waals surface area contributed by atoms with Crippen LogP contribution in [0.15, 0.2) is 47.1 Å². The van der Waals surface area contributed by atoms with Gasteiger partial charge in [0.2, 0.25) is 5.91 Å². The molecule has 27 heavy (non-hydrogen) atoms. The lowest BCUT2D eigenvalue weighted by Gasteiger charge is -2.16. The molecule has 2 aromatic rings. The number of esters is 1. The van der Waals surface area contributed by atoms with Gasteiger partial charge in [0, 0.05) is 26.8 Å². The molecule has 0 aliphatic heterocycles. The van der Waals surface area contributed by atoms with E-state index in [1.165, 1.54) is 18.2 Å². The molecular weight excluding hydrogens is 350 g/mol. The SMILES string of the molecule is CN(CC(=O)NCc1ccco1)C(=O)COC(=O)c1ccc(N(C)C)cc1. The standard InChI is InChI=1S/C19H23N3O5/c1-21(2)15-8-6-14(7-9-15)19(25)27-13-18(24)22(3)12-17(23)20-11-16-5-4-10-26-16/h4-10H,11-13H2,1-3H3,(H,20,23). The van der Waals surface area contributed by atoms with Crippen molar-refractivity contribution in [3.8, 4) is 0 Å². The summed E-state index contributed by atoms with van der Waals surface area (Å²) in [5.74, 6) is -0.787. The number of hydrogen-bond acceptors (Lipinski definition) is 6. The van der Waals surface area contributed by atoms with E-state index < -0.39 is 18.5 Å². The Balaban J connectivity index is 1.74. The molecule has 0 radical (unpaired) electrons. The normalized spacial score (nSPS) is 10.2. The van der Waals surface area contributed by atoms with Crippen LogP contribution in [0.3, 0.4) is 0 Å². The number of furan rings is 1. The van der Waals surface area contributed by atoms with E-state index in [1.54, 1.807) is 36.4 Å². The number of nitrogens with zero attached hydrogens (tertiary/aromatic N) is 2. The van der Waals surface area contributed by atoms with Crippen LogP contribution >= 0.6 is 0 Å². The summed E-state index contributed by atoms with van der Waals surface area (Å²) in [4.78, 5) is 39.0. The Morgan fingerprint density at radius 2 is 1.78 bits per heavy atom. The first kappa shape index (κ1) is 20.0. The Morgan fingerprint density at radius 3 is 2.37 bits per heavy atom. The van der Waals surface area contributed by atoms with Crippen molar-refractivity contribution in [1.29, 1.82) is 0 Å². The van der Waals surface area contributed by atoms with Crippen molar-refractivity contribution in [2.24, 2.45) is 0 Å². The molecule has 8 nitrogen and oxygen atoms in total. The molecule has 2 rings (SSSR count). The lowest BCUT2D eigenvalue weighted by Crippen LogP contribution is -2.39. The Hall–Kier alpha value is -3.29. The van der Waals surface area contributed by atoms with Crippen LogP contribution in [0.2, 0.25) is 0 Å². The second-order valence-electron chi connectivity index (χ2n) is 6.12. The molecule has 0 saturated heterocycles. The van der Waals surface area contributed by atoms with Crippen LogP contribution in [-0.2, 0) is 20.9 Å². The van der Waals surface area contributed by atoms with Crippen molar-refractivity contribution in [2.75, 3.05) is 39.2 Å². The first-order valence-corrected chi connectivity index (χ1v) is 8.34. The van der Waals surface area contributed by atoms with Gasteiger partial charge >= 0.3 is 5.97 Å². The fourth-order valence-corrected chi connectivity index (χ4v) is 2.17. The first-order chi connectivity index (χ1) is 12.9. The van der Waals surface area contributed by atoms with Crippen molar-refractivity contribution in [3.05, 3.63) is 54.0 Å². The van der Waals surface area contributed by atoms with Crippen molar-refractivity contribution < 1.29 is 23.5 Å². The number of benzene rings is 1. The molecule has 1 N–H and O–H groups in total. The summed E-state index contributed by atoms with van der Waals surface area (Å²) in [5, 5.41) is 2.64. The van der Waals surface area contributed by atoms with E-state index in [0.717, 1.165) is 5.69 Å². The maximum Gasteiger partial charge on any atom is 0.338 e. The van der Waals surface area contributed by atoms with E-state index in [0.29, 0.717) is 11.3 Å². The average Bonchev–Trinajstić information content (AvgIpc) is 3.17. The van der Waals surface area contributed by atoms with Gasteiger partial charge in [0.25, 0.3) is 5.91 Å². The van der Waals surface area contributed by atoms with Crippen LogP contribution < -0.4 is 10.2 Å². The fraction of sp³-hybridized carbons (Fsp3) is 0.316. The summed E-state index contributed by atoms with van der Waals surface area (Å²) in [6.45, 7) is -0.337. The molecule has 0 fully saturated rings. The summed E-state index contributed by atoms with van der Waals surface area (Å²) < 4.78 is 10.1. The average molecular weight is 373 g/mol. The highest BCUT2D eigenvalue weighted by molar-refractivity contribution is 5.92. The molecule has 0 atom stereocenters. The number of nitrogens with one attached hydrogen (secondary N) is 1. The van der Waals surface area contributed by atoms with Crippen LogP contribution in [0.5, 0.6) is 0 Å². The number of likely N-dealkylation sites (N-methyl/N-ethyl adjacent to an activating group) is 1. The molecule has 0 bridgehead atoms. The second-order valence-corrected chi connectivity index (χ2v) is 6.12. The number of carbonyl (C=O) groups excluding carboxylic acids is 3. The minimum absolute atomic E-state index is 0.144. The van der Waals surface area contributed by atoms with Gasteiger partial charge in [0.15, 0.2) is 6.61 Å². The van der Waals surface area contributed by atoms with Gasteiger partial charge in [-0.15, -0.1) is 0 Å². The van der Waals surface area contributed by atoms with E-state index in [-0.39, 0.29) is 19.0 Å². The van der Waals surface area contributed by atoms with Crippen LogP contribution in [-0.4, -0.2) is 57.0 Å². The largest absolute Gasteiger partial charge is 0.467 e. The molecule has 8 heteroatoms. The van der Waals surface area contributed by atoms with Crippen LogP contribution in [0, 0.1) is 0 Å². The summed E-state index contributed by atoms with van der Waals surface area (Å²) in [5.41, 5.74) is 1.30. The van der Waals surface area contributed by atoms with Gasteiger partial charge in [-0.25, -0.2) is 4.79 Å². The van der Waals surface area contributed by atoms with E-state index >= 15 is 0 Å². The minimum Gasteiger partial charge on any atom is -0.467 e. The zero-order valence-electron chi connectivity index (χ0n) is 15.6. The predicted molar refractivity (Wildman–Crippen MR) is 99.2 cm³/mol. The maximum atomic E-state index is 12.0. The Kier molecular flexibility index (Phi) is 6.99. The molecule has 2 amide bonds. The third-order valence-corrected chi connectivity index (χ3v) is 3.79. The zero-order chi connectivity index (χ0) is 19.8. The van der Waals surface area contributed by atoms with Crippen molar-refractivity contribution in [2.45, 2.75) is 6.54 Å². The number of rotatable bonds is 8. The molecule has 1 heterocycles. The van der Waals surface area contributed by atoms with E-state index in [2.05, 4.69) is 5.32 Å². The zero-order valence-corrected chi connectivity index (χ0v) is 15.6. The number of hydrogen-bond donors (Lipinski definition) is 1. The lowest BCUT2D eigenvalue weighted by atomic mass is 10.2. The molecule has 0 aliphatic rings. The maximum absolute atomic E-state index is 12.0. The van der Waals surface area contributed by atoms with Gasteiger partial charge in [-0.2, -0.15) is 0 Å². The predicted octanol–water partition coefficient (Wildman–Crippen LogP) is 1.28. The van der Waals surface area contributed by atoms with Gasteiger partial charge < -0.3 is 24.3 Å². The topological polar surface area (TPSA) is 92.1 Å². The Bertz CT molecular complexity index is 769. The molecule has 1 aromatic heterocycles. The minimum atomic E-state index is -0.593. The summed E-state index contributed by atoms with van der Waals surface area (Å²) in [6, 6.07) is 10.3. The highest BCUT2D eigenvalue weighted by Gasteiger charge is 2.16. The smallest absolute Gasteiger partial charge is 0.338 e. The molecule has 144 valence electrons. The van der Waals surface area contributed by atoms with Crippen LogP contribution in [0.25, 0.3) is 0 Å². The van der Waals surface area contributed by atoms with Crippen molar-refractivity contribution in [1.82, 2.24) is 10.2 Å². The van der Waals surface area contributed by atoms with Gasteiger partial charge in [-0.05, 0) is 36.4 Å². The highest BCUT2D eigenvalue weighted by Crippen LogP contribution is 2.13. The molecular formula is C19H23N3O5. The van der Waals surface area contributed by atoms with Gasteiger partial charge in [-0.1, -0.05) is 0 Å². The molecule has 0 saturated carbocycles. The van der Waals surface area contributed by atoms with Gasteiger partial charge in [0.1, 0.15) is 5.76 Å². The molecule has 1 aromatic carbocycles. The number of amides is 2. The van der Waals surface area contributed by atoms with Gasteiger partial charge in [-0.3, -0.25) is 9.59 Å².